The predicted octanol–water partition coefficient (Wildman–Crippen LogP) is 4.90. The molecule has 1 aromatic carbocycles. The van der Waals surface area contributed by atoms with Crippen molar-refractivity contribution >= 4 is 23.4 Å². The molecule has 0 aliphatic heterocycles. The lowest BCUT2D eigenvalue weighted by Gasteiger charge is -2.25. The third kappa shape index (κ3) is 4.49. The molecule has 1 nitrogen and oxygen atoms in total. The Balaban J connectivity index is 2.82. The smallest absolute Gasteiger partial charge is 0.0463 e. The molecule has 1 aromatic rings. The minimum absolute atomic E-state index is 0.166. The average molecular weight is 286 g/mol. The van der Waals surface area contributed by atoms with Gasteiger partial charge in [0.2, 0.25) is 0 Å². The summed E-state index contributed by atoms with van der Waals surface area (Å²) in [6.45, 7) is 6.65. The summed E-state index contributed by atoms with van der Waals surface area (Å²) in [6, 6.07) is 8.24. The number of rotatable bonds is 7. The van der Waals surface area contributed by atoms with Gasteiger partial charge in [0.15, 0.2) is 0 Å². The van der Waals surface area contributed by atoms with Crippen molar-refractivity contribution in [1.82, 2.24) is 0 Å². The van der Waals surface area contributed by atoms with Crippen molar-refractivity contribution in [2.45, 2.75) is 44.9 Å². The molecule has 102 valence electrons. The van der Waals surface area contributed by atoms with Crippen molar-refractivity contribution in [1.29, 1.82) is 0 Å². The number of hydrogen-bond acceptors (Lipinski definition) is 2. The van der Waals surface area contributed by atoms with E-state index in [1.807, 2.05) is 30.0 Å². The summed E-state index contributed by atoms with van der Waals surface area (Å²) in [5.41, 5.74) is 7.45. The zero-order valence-corrected chi connectivity index (χ0v) is 13.1. The molecule has 0 aliphatic carbocycles. The average Bonchev–Trinajstić information content (AvgIpc) is 2.40. The van der Waals surface area contributed by atoms with Gasteiger partial charge in [-0.1, -0.05) is 57.0 Å². The van der Waals surface area contributed by atoms with Gasteiger partial charge in [-0.2, -0.15) is 11.8 Å². The highest BCUT2D eigenvalue weighted by molar-refractivity contribution is 7.99. The Morgan fingerprint density at radius 2 is 1.89 bits per heavy atom. The van der Waals surface area contributed by atoms with Crippen LogP contribution in [0.3, 0.4) is 0 Å². The topological polar surface area (TPSA) is 26.0 Å². The van der Waals surface area contributed by atoms with Gasteiger partial charge in [-0.3, -0.25) is 0 Å². The van der Waals surface area contributed by atoms with Crippen LogP contribution in [0.25, 0.3) is 0 Å². The van der Waals surface area contributed by atoms with E-state index >= 15 is 0 Å². The van der Waals surface area contributed by atoms with E-state index in [0.717, 1.165) is 23.1 Å². The fourth-order valence-electron chi connectivity index (χ4n) is 1.75. The number of thioether (sulfide) groups is 1. The Morgan fingerprint density at radius 3 is 2.44 bits per heavy atom. The Kier molecular flexibility index (Phi) is 7.13. The van der Waals surface area contributed by atoms with Crippen LogP contribution in [0, 0.1) is 5.92 Å². The lowest BCUT2D eigenvalue weighted by atomic mass is 10.0. The van der Waals surface area contributed by atoms with Crippen molar-refractivity contribution in [3.8, 4) is 0 Å². The van der Waals surface area contributed by atoms with Gasteiger partial charge in [-0.15, -0.1) is 0 Å². The van der Waals surface area contributed by atoms with E-state index in [-0.39, 0.29) is 6.04 Å². The second-order valence-corrected chi connectivity index (χ2v) is 6.44. The minimum Gasteiger partial charge on any atom is -0.326 e. The molecule has 0 amide bonds. The zero-order chi connectivity index (χ0) is 13.5. The first-order valence-electron chi connectivity index (χ1n) is 6.71. The maximum atomic E-state index is 6.30. The summed E-state index contributed by atoms with van der Waals surface area (Å²) in [7, 11) is 0. The minimum atomic E-state index is 0.166. The van der Waals surface area contributed by atoms with E-state index < -0.39 is 0 Å². The van der Waals surface area contributed by atoms with Gasteiger partial charge in [-0.05, 0) is 29.7 Å². The summed E-state index contributed by atoms with van der Waals surface area (Å²) in [5.74, 6) is 1.86. The quantitative estimate of drug-likeness (QED) is 0.771. The second kappa shape index (κ2) is 8.08. The fraction of sp³-hybridized carbons (Fsp3) is 0.600. The van der Waals surface area contributed by atoms with Gasteiger partial charge in [-0.25, -0.2) is 0 Å². The van der Waals surface area contributed by atoms with E-state index in [2.05, 4.69) is 26.8 Å². The fourth-order valence-corrected chi connectivity index (χ4v) is 3.66. The first-order chi connectivity index (χ1) is 8.60. The van der Waals surface area contributed by atoms with Gasteiger partial charge in [0.25, 0.3) is 0 Å². The zero-order valence-electron chi connectivity index (χ0n) is 11.5. The Labute approximate surface area is 120 Å². The molecule has 2 N–H and O–H groups in total. The highest BCUT2D eigenvalue weighted by Crippen LogP contribution is 2.37. The summed E-state index contributed by atoms with van der Waals surface area (Å²) >= 11 is 8.25. The molecule has 0 fully saturated rings. The van der Waals surface area contributed by atoms with Crippen LogP contribution in [0.2, 0.25) is 5.02 Å². The predicted molar refractivity (Wildman–Crippen MR) is 84.4 cm³/mol. The molecule has 0 saturated heterocycles. The number of nitrogens with two attached hydrogens (primary N) is 1. The van der Waals surface area contributed by atoms with Crippen molar-refractivity contribution in [2.24, 2.45) is 11.7 Å². The maximum Gasteiger partial charge on any atom is 0.0463 e. The maximum absolute atomic E-state index is 6.30. The third-order valence-electron chi connectivity index (χ3n) is 3.33. The van der Waals surface area contributed by atoms with Gasteiger partial charge >= 0.3 is 0 Å². The molecule has 0 aliphatic rings. The van der Waals surface area contributed by atoms with Crippen LogP contribution in [-0.4, -0.2) is 11.8 Å². The molecular formula is C15H24ClNS. The van der Waals surface area contributed by atoms with E-state index in [1.165, 1.54) is 12.0 Å². The molecule has 0 saturated carbocycles. The lowest BCUT2D eigenvalue weighted by molar-refractivity contribution is 0.615. The van der Waals surface area contributed by atoms with Crippen LogP contribution in [-0.2, 0) is 0 Å². The molecule has 1 rings (SSSR count). The molecule has 3 heteroatoms. The van der Waals surface area contributed by atoms with Gasteiger partial charge in [0.05, 0.1) is 0 Å². The largest absolute Gasteiger partial charge is 0.326 e. The van der Waals surface area contributed by atoms with Crippen LogP contribution < -0.4 is 5.73 Å². The van der Waals surface area contributed by atoms with Gasteiger partial charge in [0.1, 0.15) is 0 Å². The second-order valence-electron chi connectivity index (χ2n) is 4.86. The molecule has 0 spiro atoms. The molecule has 18 heavy (non-hydrogen) atoms. The van der Waals surface area contributed by atoms with Crippen molar-refractivity contribution in [3.63, 3.8) is 0 Å². The number of hydrogen-bond donors (Lipinski definition) is 1. The Hall–Kier alpha value is -0.180. The van der Waals surface area contributed by atoms with E-state index in [4.69, 9.17) is 17.3 Å². The standard InChI is InChI=1S/C15H24ClNS/c1-4-11(3)10-18-15(14(17)5-2)12-8-6-7-9-13(12)16/h6-9,11,14-15H,4-5,10,17H2,1-3H3. The lowest BCUT2D eigenvalue weighted by Crippen LogP contribution is -2.26. The summed E-state index contributed by atoms with van der Waals surface area (Å²) in [4.78, 5) is 0. The number of benzene rings is 1. The number of halogens is 1. The summed E-state index contributed by atoms with van der Waals surface area (Å²) in [6.07, 6.45) is 2.19. The molecule has 0 bridgehead atoms. The van der Waals surface area contributed by atoms with Crippen LogP contribution in [0.5, 0.6) is 0 Å². The Morgan fingerprint density at radius 1 is 1.22 bits per heavy atom. The van der Waals surface area contributed by atoms with E-state index in [1.54, 1.807) is 0 Å². The molecule has 0 radical (unpaired) electrons. The monoisotopic (exact) mass is 285 g/mol. The molecule has 3 atom stereocenters. The molecule has 0 heterocycles. The first kappa shape index (κ1) is 15.9. The van der Waals surface area contributed by atoms with Crippen LogP contribution >= 0.6 is 23.4 Å². The van der Waals surface area contributed by atoms with Crippen molar-refractivity contribution in [3.05, 3.63) is 34.9 Å². The SMILES string of the molecule is CCC(C)CSC(c1ccccc1Cl)C(N)CC. The molecular weight excluding hydrogens is 262 g/mol. The highest BCUT2D eigenvalue weighted by Gasteiger charge is 2.21. The summed E-state index contributed by atoms with van der Waals surface area (Å²) in [5, 5.41) is 1.14. The van der Waals surface area contributed by atoms with Crippen LogP contribution in [0.15, 0.2) is 24.3 Å². The summed E-state index contributed by atoms with van der Waals surface area (Å²) < 4.78 is 0. The Bertz CT molecular complexity index is 356. The van der Waals surface area contributed by atoms with Crippen molar-refractivity contribution in [2.75, 3.05) is 5.75 Å². The van der Waals surface area contributed by atoms with E-state index in [9.17, 15) is 0 Å². The third-order valence-corrected chi connectivity index (χ3v) is 5.40. The molecule has 3 unspecified atom stereocenters. The van der Waals surface area contributed by atoms with Gasteiger partial charge < -0.3 is 5.73 Å². The van der Waals surface area contributed by atoms with Crippen molar-refractivity contribution < 1.29 is 0 Å². The normalized spacial score (nSPS) is 16.3. The first-order valence-corrected chi connectivity index (χ1v) is 8.14. The van der Waals surface area contributed by atoms with E-state index in [0.29, 0.717) is 5.25 Å². The van der Waals surface area contributed by atoms with Gasteiger partial charge in [0, 0.05) is 16.3 Å². The molecule has 0 aromatic heterocycles. The van der Waals surface area contributed by atoms with Crippen LogP contribution in [0.1, 0.15) is 44.4 Å². The highest BCUT2D eigenvalue weighted by atomic mass is 35.5. The van der Waals surface area contributed by atoms with Crippen LogP contribution in [0.4, 0.5) is 0 Å².